The fraction of sp³-hybridized carbons (Fsp3) is 0.0909. The molecule has 0 aliphatic rings. The Hall–Kier alpha value is -2.88. The SMILES string of the molecule is COc1ccc(Cl)cc1N(CC(=O)N/N=C\c1ccc(Br)cc1)S(=O)(=O)c1ccccc1. The standard InChI is InChI=1S/C22H19BrClN3O4S/c1-31-21-12-11-18(24)13-20(21)27(32(29,30)19-5-3-2-4-6-19)15-22(28)26-25-14-16-7-9-17(23)10-8-16/h2-14H,15H2,1H3,(H,26,28)/b25-14-. The lowest BCUT2D eigenvalue weighted by molar-refractivity contribution is -0.119. The molecule has 0 fully saturated rings. The number of hydrogen-bond donors (Lipinski definition) is 1. The first-order chi connectivity index (χ1) is 15.3. The molecule has 0 bridgehead atoms. The van der Waals surface area contributed by atoms with Crippen molar-refractivity contribution in [3.8, 4) is 5.75 Å². The molecule has 3 rings (SSSR count). The summed E-state index contributed by atoms with van der Waals surface area (Å²) in [6.45, 7) is -0.536. The molecule has 0 saturated heterocycles. The van der Waals surface area contributed by atoms with Crippen molar-refractivity contribution in [2.45, 2.75) is 4.90 Å². The summed E-state index contributed by atoms with van der Waals surface area (Å²) in [6, 6.07) is 19.6. The van der Waals surface area contributed by atoms with E-state index in [2.05, 4.69) is 26.5 Å². The predicted molar refractivity (Wildman–Crippen MR) is 129 cm³/mol. The summed E-state index contributed by atoms with van der Waals surface area (Å²) in [5, 5.41) is 4.21. The Morgan fingerprint density at radius 2 is 1.81 bits per heavy atom. The quantitative estimate of drug-likeness (QED) is 0.340. The normalized spacial score (nSPS) is 11.3. The number of benzene rings is 3. The minimum atomic E-state index is -4.10. The number of methoxy groups -OCH3 is 1. The second-order valence-corrected chi connectivity index (χ2v) is 9.70. The summed E-state index contributed by atoms with van der Waals surface area (Å²) >= 11 is 9.45. The van der Waals surface area contributed by atoms with E-state index >= 15 is 0 Å². The van der Waals surface area contributed by atoms with Crippen LogP contribution in [-0.4, -0.2) is 34.2 Å². The van der Waals surface area contributed by atoms with Gasteiger partial charge in [0.05, 0.1) is 23.9 Å². The highest BCUT2D eigenvalue weighted by Crippen LogP contribution is 2.34. The van der Waals surface area contributed by atoms with Crippen LogP contribution in [0.25, 0.3) is 0 Å². The first-order valence-corrected chi connectivity index (χ1v) is 11.9. The maximum atomic E-state index is 13.4. The van der Waals surface area contributed by atoms with Crippen LogP contribution in [0, 0.1) is 0 Å². The van der Waals surface area contributed by atoms with Crippen molar-refractivity contribution in [3.63, 3.8) is 0 Å². The number of carbonyl (C=O) groups is 1. The summed E-state index contributed by atoms with van der Waals surface area (Å²) < 4.78 is 33.9. The Labute approximate surface area is 199 Å². The molecule has 3 aromatic carbocycles. The second kappa shape index (κ2) is 10.6. The average Bonchev–Trinajstić information content (AvgIpc) is 2.79. The lowest BCUT2D eigenvalue weighted by Gasteiger charge is -2.25. The predicted octanol–water partition coefficient (Wildman–Crippen LogP) is 4.46. The van der Waals surface area contributed by atoms with E-state index in [4.69, 9.17) is 16.3 Å². The van der Waals surface area contributed by atoms with Gasteiger partial charge in [0, 0.05) is 9.50 Å². The smallest absolute Gasteiger partial charge is 0.264 e. The van der Waals surface area contributed by atoms with Gasteiger partial charge in [0.2, 0.25) is 0 Å². The minimum absolute atomic E-state index is 0.0215. The molecule has 0 aliphatic carbocycles. The number of carbonyl (C=O) groups excluding carboxylic acids is 1. The van der Waals surface area contributed by atoms with Gasteiger partial charge in [-0.05, 0) is 48.0 Å². The maximum absolute atomic E-state index is 13.4. The van der Waals surface area contributed by atoms with Gasteiger partial charge in [-0.1, -0.05) is 57.9 Å². The van der Waals surface area contributed by atoms with E-state index in [1.807, 2.05) is 24.3 Å². The number of halogens is 2. The third-order valence-corrected chi connectivity index (χ3v) is 6.84. The summed E-state index contributed by atoms with van der Waals surface area (Å²) in [6.07, 6.45) is 1.46. The Morgan fingerprint density at radius 1 is 1.12 bits per heavy atom. The van der Waals surface area contributed by atoms with E-state index in [1.54, 1.807) is 24.3 Å². The molecule has 1 N–H and O–H groups in total. The van der Waals surface area contributed by atoms with Crippen LogP contribution in [0.1, 0.15) is 5.56 Å². The summed E-state index contributed by atoms with van der Waals surface area (Å²) in [7, 11) is -2.70. The lowest BCUT2D eigenvalue weighted by atomic mass is 10.2. The molecule has 0 atom stereocenters. The zero-order chi connectivity index (χ0) is 23.1. The number of amides is 1. The van der Waals surface area contributed by atoms with Crippen molar-refractivity contribution >= 4 is 55.4 Å². The van der Waals surface area contributed by atoms with Crippen LogP contribution in [0.15, 0.2) is 87.3 Å². The highest BCUT2D eigenvalue weighted by molar-refractivity contribution is 9.10. The summed E-state index contributed by atoms with van der Waals surface area (Å²) in [4.78, 5) is 12.6. The lowest BCUT2D eigenvalue weighted by Crippen LogP contribution is -2.39. The number of rotatable bonds is 8. The van der Waals surface area contributed by atoms with Crippen LogP contribution in [0.4, 0.5) is 5.69 Å². The number of ether oxygens (including phenoxy) is 1. The first kappa shape index (κ1) is 23.8. The Balaban J connectivity index is 1.90. The topological polar surface area (TPSA) is 88.1 Å². The van der Waals surface area contributed by atoms with Gasteiger partial charge in [-0.3, -0.25) is 9.10 Å². The largest absolute Gasteiger partial charge is 0.495 e. The van der Waals surface area contributed by atoms with E-state index < -0.39 is 22.5 Å². The Bertz CT molecular complexity index is 1220. The van der Waals surface area contributed by atoms with Crippen LogP contribution < -0.4 is 14.5 Å². The van der Waals surface area contributed by atoms with Crippen LogP contribution in [0.5, 0.6) is 5.75 Å². The second-order valence-electron chi connectivity index (χ2n) is 6.49. The molecule has 166 valence electrons. The average molecular weight is 537 g/mol. The zero-order valence-electron chi connectivity index (χ0n) is 16.9. The number of anilines is 1. The van der Waals surface area contributed by atoms with Crippen molar-refractivity contribution in [1.29, 1.82) is 0 Å². The zero-order valence-corrected chi connectivity index (χ0v) is 20.1. The molecule has 1 amide bonds. The van der Waals surface area contributed by atoms with Gasteiger partial charge in [-0.15, -0.1) is 0 Å². The molecule has 0 unspecified atom stereocenters. The van der Waals surface area contributed by atoms with Gasteiger partial charge >= 0.3 is 0 Å². The molecule has 32 heavy (non-hydrogen) atoms. The number of hydrazone groups is 1. The molecule has 0 aromatic heterocycles. The van der Waals surface area contributed by atoms with Crippen LogP contribution in [0.2, 0.25) is 5.02 Å². The highest BCUT2D eigenvalue weighted by atomic mass is 79.9. The fourth-order valence-corrected chi connectivity index (χ4v) is 4.65. The van der Waals surface area contributed by atoms with E-state index in [1.165, 1.54) is 37.6 Å². The van der Waals surface area contributed by atoms with E-state index in [-0.39, 0.29) is 16.3 Å². The molecule has 0 saturated carbocycles. The first-order valence-electron chi connectivity index (χ1n) is 9.30. The van der Waals surface area contributed by atoms with Crippen molar-refractivity contribution in [3.05, 3.63) is 87.9 Å². The molecule has 0 radical (unpaired) electrons. The van der Waals surface area contributed by atoms with Crippen molar-refractivity contribution in [1.82, 2.24) is 5.43 Å². The minimum Gasteiger partial charge on any atom is -0.495 e. The summed E-state index contributed by atoms with van der Waals surface area (Å²) in [5.41, 5.74) is 3.26. The van der Waals surface area contributed by atoms with Gasteiger partial charge in [0.25, 0.3) is 15.9 Å². The molecule has 3 aromatic rings. The molecule has 0 aliphatic heterocycles. The number of nitrogens with zero attached hydrogens (tertiary/aromatic N) is 2. The fourth-order valence-electron chi connectivity index (χ4n) is 2.77. The van der Waals surface area contributed by atoms with Gasteiger partial charge in [0.1, 0.15) is 12.3 Å². The summed E-state index contributed by atoms with van der Waals surface area (Å²) in [5.74, 6) is -0.389. The highest BCUT2D eigenvalue weighted by Gasteiger charge is 2.29. The van der Waals surface area contributed by atoms with Crippen LogP contribution in [0.3, 0.4) is 0 Å². The van der Waals surface area contributed by atoms with E-state index in [0.29, 0.717) is 5.02 Å². The molecule has 0 spiro atoms. The maximum Gasteiger partial charge on any atom is 0.264 e. The third-order valence-electron chi connectivity index (χ3n) is 4.30. The molecule has 0 heterocycles. The monoisotopic (exact) mass is 535 g/mol. The van der Waals surface area contributed by atoms with Crippen molar-refractivity contribution in [2.24, 2.45) is 5.10 Å². The van der Waals surface area contributed by atoms with Gasteiger partial charge in [0.15, 0.2) is 0 Å². The van der Waals surface area contributed by atoms with Crippen molar-refractivity contribution in [2.75, 3.05) is 18.0 Å². The Morgan fingerprint density at radius 3 is 2.47 bits per heavy atom. The number of nitrogens with one attached hydrogen (secondary N) is 1. The number of sulfonamides is 1. The van der Waals surface area contributed by atoms with E-state index in [9.17, 15) is 13.2 Å². The Kier molecular flexibility index (Phi) is 7.89. The number of hydrogen-bond acceptors (Lipinski definition) is 5. The van der Waals surface area contributed by atoms with Gasteiger partial charge < -0.3 is 4.74 Å². The molecule has 7 nitrogen and oxygen atoms in total. The third kappa shape index (κ3) is 5.87. The van der Waals surface area contributed by atoms with Crippen LogP contribution in [-0.2, 0) is 14.8 Å². The molecular weight excluding hydrogens is 518 g/mol. The van der Waals surface area contributed by atoms with Gasteiger partial charge in [-0.25, -0.2) is 13.8 Å². The van der Waals surface area contributed by atoms with Crippen molar-refractivity contribution < 1.29 is 17.9 Å². The molecule has 10 heteroatoms. The van der Waals surface area contributed by atoms with Gasteiger partial charge in [-0.2, -0.15) is 5.10 Å². The van der Waals surface area contributed by atoms with Crippen LogP contribution >= 0.6 is 27.5 Å². The van der Waals surface area contributed by atoms with E-state index in [0.717, 1.165) is 14.3 Å². The molecular formula is C22H19BrClN3O4S.